The second kappa shape index (κ2) is 2.74. The van der Waals surface area contributed by atoms with E-state index in [1.54, 1.807) is 0 Å². The zero-order chi connectivity index (χ0) is 7.56. The Bertz CT molecular complexity index is 239. The van der Waals surface area contributed by atoms with Gasteiger partial charge >= 0.3 is 0 Å². The second-order valence-corrected chi connectivity index (χ2v) is 2.02. The van der Waals surface area contributed by atoms with E-state index in [2.05, 4.69) is 16.4 Å². The molecule has 1 radical (unpaired) electrons. The Kier molecular flexibility index (Phi) is 1.95. The van der Waals surface area contributed by atoms with Gasteiger partial charge in [0.15, 0.2) is 5.16 Å². The Morgan fingerprint density at radius 1 is 1.80 bits per heavy atom. The number of terminal acetylenes is 1. The van der Waals surface area contributed by atoms with E-state index < -0.39 is 6.10 Å². The van der Waals surface area contributed by atoms with E-state index in [4.69, 9.17) is 23.1 Å². The van der Waals surface area contributed by atoms with Crippen molar-refractivity contribution in [1.82, 2.24) is 5.43 Å². The molecule has 51 valence electrons. The molecular formula is C6H4ClN2O. The van der Waals surface area contributed by atoms with Crippen LogP contribution in [0.4, 0.5) is 0 Å². The molecule has 1 N–H and O–H groups in total. The van der Waals surface area contributed by atoms with Gasteiger partial charge in [-0.05, 0) is 0 Å². The van der Waals surface area contributed by atoms with E-state index in [1.807, 2.05) is 0 Å². The van der Waals surface area contributed by atoms with Crippen LogP contribution < -0.4 is 5.43 Å². The Morgan fingerprint density at radius 3 is 2.90 bits per heavy atom. The van der Waals surface area contributed by atoms with Crippen molar-refractivity contribution in [1.29, 1.82) is 0 Å². The lowest BCUT2D eigenvalue weighted by atomic mass is 10.2. The molecule has 0 aliphatic carbocycles. The SMILES string of the molecule is C#CC(O)C1=C(Cl)[N]N=C1. The Balaban J connectivity index is 2.82. The Morgan fingerprint density at radius 2 is 2.50 bits per heavy atom. The van der Waals surface area contributed by atoms with Crippen LogP contribution in [0, 0.1) is 12.3 Å². The summed E-state index contributed by atoms with van der Waals surface area (Å²) in [5.41, 5.74) is 3.82. The number of aliphatic hydroxyl groups is 1. The highest BCUT2D eigenvalue weighted by Crippen LogP contribution is 2.14. The molecule has 0 saturated heterocycles. The minimum atomic E-state index is -0.998. The van der Waals surface area contributed by atoms with Crippen LogP contribution in [0.1, 0.15) is 0 Å². The fraction of sp³-hybridized carbons (Fsp3) is 0.167. The van der Waals surface area contributed by atoms with Gasteiger partial charge < -0.3 is 5.11 Å². The van der Waals surface area contributed by atoms with E-state index in [9.17, 15) is 0 Å². The van der Waals surface area contributed by atoms with Crippen LogP contribution in [0.15, 0.2) is 15.8 Å². The number of hydrogen-bond acceptors (Lipinski definition) is 2. The maximum atomic E-state index is 9.00. The molecular weight excluding hydrogens is 152 g/mol. The van der Waals surface area contributed by atoms with Crippen molar-refractivity contribution >= 4 is 17.8 Å². The van der Waals surface area contributed by atoms with Gasteiger partial charge in [-0.2, -0.15) is 5.10 Å². The van der Waals surface area contributed by atoms with Crippen LogP contribution in [0.3, 0.4) is 0 Å². The maximum absolute atomic E-state index is 9.00. The standard InChI is InChI=1S/C6H4ClN2O/c1-2-5(10)4-3-8-9-6(4)7/h1,3,5,10H. The van der Waals surface area contributed by atoms with E-state index in [-0.39, 0.29) is 5.16 Å². The lowest BCUT2D eigenvalue weighted by Crippen LogP contribution is -2.07. The van der Waals surface area contributed by atoms with Crippen LogP contribution in [0.5, 0.6) is 0 Å². The minimum Gasteiger partial charge on any atom is -0.376 e. The summed E-state index contributed by atoms with van der Waals surface area (Å²) in [6, 6.07) is 0. The third kappa shape index (κ3) is 1.13. The third-order valence-corrected chi connectivity index (χ3v) is 1.33. The summed E-state index contributed by atoms with van der Waals surface area (Å²) < 4.78 is 0. The topological polar surface area (TPSA) is 46.7 Å². The molecule has 0 bridgehead atoms. The summed E-state index contributed by atoms with van der Waals surface area (Å²) >= 11 is 5.48. The van der Waals surface area contributed by atoms with E-state index in [0.717, 1.165) is 0 Å². The first-order chi connectivity index (χ1) is 4.75. The van der Waals surface area contributed by atoms with Crippen molar-refractivity contribution in [3.8, 4) is 12.3 Å². The number of hydrogen-bond donors (Lipinski definition) is 1. The lowest BCUT2D eigenvalue weighted by molar-refractivity contribution is 0.275. The average molecular weight is 156 g/mol. The average Bonchev–Trinajstić information content (AvgIpc) is 2.34. The van der Waals surface area contributed by atoms with Crippen LogP contribution in [0.25, 0.3) is 0 Å². The van der Waals surface area contributed by atoms with Crippen LogP contribution in [-0.4, -0.2) is 17.4 Å². The molecule has 1 aliphatic heterocycles. The fourth-order valence-electron chi connectivity index (χ4n) is 0.526. The largest absolute Gasteiger partial charge is 0.376 e. The summed E-state index contributed by atoms with van der Waals surface area (Å²) in [7, 11) is 0. The normalized spacial score (nSPS) is 18.5. The summed E-state index contributed by atoms with van der Waals surface area (Å²) in [4.78, 5) is 0. The van der Waals surface area contributed by atoms with Crippen molar-refractivity contribution in [2.75, 3.05) is 0 Å². The molecule has 0 aromatic carbocycles. The molecule has 0 fully saturated rings. The molecule has 4 heteroatoms. The predicted octanol–water partition coefficient (Wildman–Crippen LogP) is 0.0347. The molecule has 0 aromatic heterocycles. The number of aliphatic hydroxyl groups excluding tert-OH is 1. The van der Waals surface area contributed by atoms with Gasteiger partial charge in [0.1, 0.15) is 6.10 Å². The molecule has 0 saturated carbocycles. The quantitative estimate of drug-likeness (QED) is 0.422. The zero-order valence-corrected chi connectivity index (χ0v) is 5.71. The summed E-state index contributed by atoms with van der Waals surface area (Å²) in [5, 5.41) is 12.6. The first kappa shape index (κ1) is 7.13. The molecule has 1 rings (SSSR count). The van der Waals surface area contributed by atoms with Gasteiger partial charge in [-0.25, -0.2) is 0 Å². The van der Waals surface area contributed by atoms with E-state index >= 15 is 0 Å². The van der Waals surface area contributed by atoms with Crippen molar-refractivity contribution in [2.24, 2.45) is 5.10 Å². The minimum absolute atomic E-state index is 0.158. The first-order valence-electron chi connectivity index (χ1n) is 2.53. The van der Waals surface area contributed by atoms with Gasteiger partial charge in [-0.1, -0.05) is 17.5 Å². The zero-order valence-electron chi connectivity index (χ0n) is 4.95. The highest BCUT2D eigenvalue weighted by atomic mass is 35.5. The molecule has 3 nitrogen and oxygen atoms in total. The Labute approximate surface area is 63.4 Å². The van der Waals surface area contributed by atoms with Gasteiger partial charge in [0, 0.05) is 0 Å². The molecule has 0 aromatic rings. The van der Waals surface area contributed by atoms with Crippen molar-refractivity contribution in [3.05, 3.63) is 10.7 Å². The summed E-state index contributed by atoms with van der Waals surface area (Å²) in [5.74, 6) is 2.10. The molecule has 1 unspecified atom stereocenters. The number of nitrogens with zero attached hydrogens (tertiary/aromatic N) is 2. The lowest BCUT2D eigenvalue weighted by Gasteiger charge is -1.98. The molecule has 10 heavy (non-hydrogen) atoms. The fourth-order valence-corrected chi connectivity index (χ4v) is 0.722. The van der Waals surface area contributed by atoms with E-state index in [0.29, 0.717) is 5.57 Å². The highest BCUT2D eigenvalue weighted by Gasteiger charge is 2.15. The molecule has 1 aliphatic rings. The Hall–Kier alpha value is -0.980. The van der Waals surface area contributed by atoms with Gasteiger partial charge in [-0.3, -0.25) is 0 Å². The third-order valence-electron chi connectivity index (χ3n) is 1.03. The summed E-state index contributed by atoms with van der Waals surface area (Å²) in [6.45, 7) is 0. The predicted molar refractivity (Wildman–Crippen MR) is 38.3 cm³/mol. The van der Waals surface area contributed by atoms with Gasteiger partial charge in [0.25, 0.3) is 0 Å². The van der Waals surface area contributed by atoms with Gasteiger partial charge in [-0.15, -0.1) is 11.8 Å². The van der Waals surface area contributed by atoms with Gasteiger partial charge in [0.2, 0.25) is 0 Å². The van der Waals surface area contributed by atoms with Crippen molar-refractivity contribution in [3.63, 3.8) is 0 Å². The van der Waals surface area contributed by atoms with Crippen molar-refractivity contribution in [2.45, 2.75) is 6.10 Å². The molecule has 1 heterocycles. The van der Waals surface area contributed by atoms with Crippen LogP contribution >= 0.6 is 11.6 Å². The molecule has 1 atom stereocenters. The van der Waals surface area contributed by atoms with Gasteiger partial charge in [0.05, 0.1) is 11.8 Å². The van der Waals surface area contributed by atoms with Crippen LogP contribution in [-0.2, 0) is 0 Å². The maximum Gasteiger partial charge on any atom is 0.160 e. The highest BCUT2D eigenvalue weighted by molar-refractivity contribution is 6.31. The molecule has 0 spiro atoms. The second-order valence-electron chi connectivity index (χ2n) is 1.66. The van der Waals surface area contributed by atoms with Crippen molar-refractivity contribution < 1.29 is 5.11 Å². The van der Waals surface area contributed by atoms with E-state index in [1.165, 1.54) is 6.21 Å². The van der Waals surface area contributed by atoms with Crippen LogP contribution in [0.2, 0.25) is 0 Å². The monoisotopic (exact) mass is 155 g/mol. The summed E-state index contributed by atoms with van der Waals surface area (Å²) in [6.07, 6.45) is 5.26. The number of rotatable bonds is 1. The molecule has 0 amide bonds. The smallest absolute Gasteiger partial charge is 0.160 e. The number of halogens is 1. The first-order valence-corrected chi connectivity index (χ1v) is 2.91.